The maximum atomic E-state index is 12.6. The van der Waals surface area contributed by atoms with Gasteiger partial charge in [0.15, 0.2) is 11.7 Å². The lowest BCUT2D eigenvalue weighted by molar-refractivity contribution is -0.140. The van der Waals surface area contributed by atoms with Crippen LogP contribution in [0.4, 0.5) is 13.2 Å². The number of aliphatic imine (C=N–C) groups is 1. The van der Waals surface area contributed by atoms with Crippen molar-refractivity contribution in [1.82, 2.24) is 15.6 Å². The first kappa shape index (κ1) is 23.7. The Morgan fingerprint density at radius 3 is 2.37 bits per heavy atom. The summed E-state index contributed by atoms with van der Waals surface area (Å²) in [6, 6.07) is 10.2. The van der Waals surface area contributed by atoms with Gasteiger partial charge in [-0.25, -0.2) is 4.98 Å². The van der Waals surface area contributed by atoms with Gasteiger partial charge >= 0.3 is 6.18 Å². The summed E-state index contributed by atoms with van der Waals surface area (Å²) in [6.07, 6.45) is -3.98. The molecule has 0 fully saturated rings. The molecule has 0 atom stereocenters. The van der Waals surface area contributed by atoms with Gasteiger partial charge in [0, 0.05) is 37.4 Å². The van der Waals surface area contributed by atoms with Crippen molar-refractivity contribution >= 4 is 41.3 Å². The van der Waals surface area contributed by atoms with Gasteiger partial charge in [0.2, 0.25) is 0 Å². The lowest BCUT2D eigenvalue weighted by Crippen LogP contribution is -2.44. The third-order valence-corrected chi connectivity index (χ3v) is 4.86. The lowest BCUT2D eigenvalue weighted by Gasteiger charge is -2.26. The Morgan fingerprint density at radius 1 is 1.15 bits per heavy atom. The maximum absolute atomic E-state index is 12.6. The van der Waals surface area contributed by atoms with Crippen LogP contribution in [0.5, 0.6) is 0 Å². The van der Waals surface area contributed by atoms with E-state index in [1.807, 2.05) is 18.2 Å². The van der Waals surface area contributed by atoms with E-state index in [0.29, 0.717) is 30.5 Å². The van der Waals surface area contributed by atoms with Gasteiger partial charge in [0.1, 0.15) is 0 Å². The van der Waals surface area contributed by atoms with Crippen LogP contribution in [0.2, 0.25) is 0 Å². The maximum Gasteiger partial charge on any atom is 0.434 e. The standard InChI is InChI=1S/C18H23F3N4S.HI/c1-17(2,13-7-5-4-6-8-13)12-24-16(22-3)23-10-9-15-25-14(11-26-15)18(19,20)21;/h4-8,11H,9-10,12H2,1-3H3,(H2,22,23,24);1H. The molecule has 150 valence electrons. The van der Waals surface area contributed by atoms with E-state index < -0.39 is 11.9 Å². The molecule has 4 nitrogen and oxygen atoms in total. The highest BCUT2D eigenvalue weighted by atomic mass is 127. The fraction of sp³-hybridized carbons (Fsp3) is 0.444. The molecular formula is C18H24F3IN4S. The van der Waals surface area contributed by atoms with Gasteiger partial charge in [-0.05, 0) is 5.56 Å². The van der Waals surface area contributed by atoms with E-state index in [9.17, 15) is 13.2 Å². The van der Waals surface area contributed by atoms with E-state index in [-0.39, 0.29) is 29.4 Å². The summed E-state index contributed by atoms with van der Waals surface area (Å²) < 4.78 is 37.7. The zero-order valence-electron chi connectivity index (χ0n) is 15.4. The molecule has 0 aliphatic carbocycles. The number of halogens is 4. The molecule has 2 rings (SSSR count). The molecule has 0 bridgehead atoms. The van der Waals surface area contributed by atoms with Crippen molar-refractivity contribution in [1.29, 1.82) is 0 Å². The Balaban J connectivity index is 0.00000364. The Labute approximate surface area is 178 Å². The molecule has 0 radical (unpaired) electrons. The van der Waals surface area contributed by atoms with Crippen molar-refractivity contribution in [3.63, 3.8) is 0 Å². The highest BCUT2D eigenvalue weighted by Crippen LogP contribution is 2.30. The van der Waals surface area contributed by atoms with Crippen LogP contribution < -0.4 is 10.6 Å². The Bertz CT molecular complexity index is 730. The summed E-state index contributed by atoms with van der Waals surface area (Å²) in [6.45, 7) is 5.40. The quantitative estimate of drug-likeness (QED) is 0.342. The number of nitrogens with zero attached hydrogens (tertiary/aromatic N) is 2. The van der Waals surface area contributed by atoms with E-state index in [4.69, 9.17) is 0 Å². The molecule has 0 saturated heterocycles. The van der Waals surface area contributed by atoms with Crippen molar-refractivity contribution in [3.8, 4) is 0 Å². The van der Waals surface area contributed by atoms with E-state index in [0.717, 1.165) is 16.7 Å². The molecule has 1 aromatic carbocycles. The molecule has 0 aliphatic rings. The number of guanidine groups is 1. The van der Waals surface area contributed by atoms with Crippen molar-refractivity contribution in [3.05, 3.63) is 52.0 Å². The van der Waals surface area contributed by atoms with Gasteiger partial charge in [-0.1, -0.05) is 44.2 Å². The molecule has 0 spiro atoms. The predicted molar refractivity (Wildman–Crippen MR) is 115 cm³/mol. The van der Waals surface area contributed by atoms with Crippen molar-refractivity contribution < 1.29 is 13.2 Å². The van der Waals surface area contributed by atoms with Crippen molar-refractivity contribution in [2.45, 2.75) is 31.9 Å². The second kappa shape index (κ2) is 10.3. The SMILES string of the molecule is CN=C(NCCc1nc(C(F)(F)F)cs1)NCC(C)(C)c1ccccc1.I. The number of benzene rings is 1. The predicted octanol–water partition coefficient (Wildman–Crippen LogP) is 4.47. The normalized spacial score (nSPS) is 12.4. The highest BCUT2D eigenvalue weighted by Gasteiger charge is 2.33. The van der Waals surface area contributed by atoms with Crippen LogP contribution in [0.1, 0.15) is 30.1 Å². The van der Waals surface area contributed by atoms with Crippen LogP contribution in [0.25, 0.3) is 0 Å². The minimum absolute atomic E-state index is 0. The molecule has 1 heterocycles. The number of hydrogen-bond acceptors (Lipinski definition) is 3. The summed E-state index contributed by atoms with van der Waals surface area (Å²) in [7, 11) is 1.66. The smallest absolute Gasteiger partial charge is 0.356 e. The van der Waals surface area contributed by atoms with Crippen LogP contribution in [0.3, 0.4) is 0 Å². The molecule has 0 amide bonds. The minimum atomic E-state index is -4.39. The summed E-state index contributed by atoms with van der Waals surface area (Å²) in [5.41, 5.74) is 0.297. The van der Waals surface area contributed by atoms with E-state index in [1.54, 1.807) is 7.05 Å². The first-order valence-corrected chi connectivity index (χ1v) is 9.12. The van der Waals surface area contributed by atoms with Crippen LogP contribution in [0.15, 0.2) is 40.7 Å². The van der Waals surface area contributed by atoms with Gasteiger partial charge in [-0.15, -0.1) is 35.3 Å². The number of alkyl halides is 3. The fourth-order valence-corrected chi connectivity index (χ4v) is 3.17. The molecule has 9 heteroatoms. The van der Waals surface area contributed by atoms with Crippen LogP contribution in [0, 0.1) is 0 Å². The summed E-state index contributed by atoms with van der Waals surface area (Å²) in [4.78, 5) is 7.78. The molecule has 27 heavy (non-hydrogen) atoms. The molecule has 1 aromatic heterocycles. The zero-order valence-corrected chi connectivity index (χ0v) is 18.6. The average Bonchev–Trinajstić information content (AvgIpc) is 3.08. The lowest BCUT2D eigenvalue weighted by atomic mass is 9.85. The Kier molecular flexibility index (Phi) is 9.00. The zero-order chi connectivity index (χ0) is 19.2. The Morgan fingerprint density at radius 2 is 1.81 bits per heavy atom. The molecular weight excluding hydrogens is 488 g/mol. The number of rotatable bonds is 6. The monoisotopic (exact) mass is 512 g/mol. The third kappa shape index (κ3) is 7.28. The van der Waals surface area contributed by atoms with Crippen LogP contribution in [-0.4, -0.2) is 31.1 Å². The molecule has 0 unspecified atom stereocenters. The second-order valence-electron chi connectivity index (χ2n) is 6.48. The molecule has 2 aromatic rings. The summed E-state index contributed by atoms with van der Waals surface area (Å²) in [5, 5.41) is 7.88. The van der Waals surface area contributed by atoms with Gasteiger partial charge in [-0.2, -0.15) is 13.2 Å². The van der Waals surface area contributed by atoms with E-state index in [2.05, 4.69) is 46.6 Å². The summed E-state index contributed by atoms with van der Waals surface area (Å²) in [5.74, 6) is 0.613. The number of thiazole rings is 1. The van der Waals surface area contributed by atoms with Gasteiger partial charge in [0.25, 0.3) is 0 Å². The van der Waals surface area contributed by atoms with Gasteiger partial charge in [0.05, 0.1) is 5.01 Å². The third-order valence-electron chi connectivity index (χ3n) is 3.95. The largest absolute Gasteiger partial charge is 0.434 e. The van der Waals surface area contributed by atoms with Crippen LogP contribution in [-0.2, 0) is 18.0 Å². The van der Waals surface area contributed by atoms with E-state index in [1.165, 1.54) is 5.56 Å². The minimum Gasteiger partial charge on any atom is -0.356 e. The van der Waals surface area contributed by atoms with Gasteiger partial charge in [-0.3, -0.25) is 4.99 Å². The highest BCUT2D eigenvalue weighted by molar-refractivity contribution is 14.0. The number of nitrogens with one attached hydrogen (secondary N) is 2. The molecule has 0 saturated carbocycles. The molecule has 2 N–H and O–H groups in total. The average molecular weight is 512 g/mol. The topological polar surface area (TPSA) is 49.3 Å². The fourth-order valence-electron chi connectivity index (χ4n) is 2.36. The second-order valence-corrected chi connectivity index (χ2v) is 7.42. The summed E-state index contributed by atoms with van der Waals surface area (Å²) >= 11 is 1.02. The van der Waals surface area contributed by atoms with Gasteiger partial charge < -0.3 is 10.6 Å². The first-order chi connectivity index (χ1) is 12.2. The van der Waals surface area contributed by atoms with E-state index >= 15 is 0 Å². The van der Waals surface area contributed by atoms with Crippen molar-refractivity contribution in [2.75, 3.05) is 20.1 Å². The first-order valence-electron chi connectivity index (χ1n) is 8.24. The van der Waals surface area contributed by atoms with Crippen molar-refractivity contribution in [2.24, 2.45) is 4.99 Å². The number of hydrogen-bond donors (Lipinski definition) is 2. The van der Waals surface area contributed by atoms with Crippen LogP contribution >= 0.6 is 35.3 Å². The molecule has 0 aliphatic heterocycles. The Hall–Kier alpha value is -1.36. The number of aromatic nitrogens is 1.